The second-order valence-electron chi connectivity index (χ2n) is 5.80. The Morgan fingerprint density at radius 3 is 2.57 bits per heavy atom. The van der Waals surface area contributed by atoms with Crippen molar-refractivity contribution in [1.82, 2.24) is 4.98 Å². The molecule has 0 aliphatic rings. The summed E-state index contributed by atoms with van der Waals surface area (Å²) in [6.45, 7) is 0.252. The van der Waals surface area contributed by atoms with Gasteiger partial charge in [-0.25, -0.2) is 4.79 Å². The Labute approximate surface area is 163 Å². The Hall–Kier alpha value is -3.67. The summed E-state index contributed by atoms with van der Waals surface area (Å²) in [5.41, 5.74) is 3.30. The van der Waals surface area contributed by atoms with Gasteiger partial charge < -0.3 is 14.3 Å². The smallest absolute Gasteiger partial charge is 0.360 e. The van der Waals surface area contributed by atoms with Crippen LogP contribution >= 0.6 is 0 Å². The molecule has 3 aromatic rings. The zero-order valence-corrected chi connectivity index (χ0v) is 15.7. The number of hydrogen-bond donors (Lipinski definition) is 0. The van der Waals surface area contributed by atoms with Crippen molar-refractivity contribution in [1.29, 1.82) is 0 Å². The summed E-state index contributed by atoms with van der Waals surface area (Å²) in [7, 11) is 2.68. The van der Waals surface area contributed by atoms with Crippen LogP contribution in [0.3, 0.4) is 0 Å². The van der Waals surface area contributed by atoms with E-state index in [9.17, 15) is 4.79 Å². The lowest BCUT2D eigenvalue weighted by atomic mass is 10.0. The zero-order valence-electron chi connectivity index (χ0n) is 15.7. The predicted molar refractivity (Wildman–Crippen MR) is 106 cm³/mol. The third-order valence-corrected chi connectivity index (χ3v) is 4.02. The van der Waals surface area contributed by atoms with E-state index in [0.29, 0.717) is 11.3 Å². The number of pyridine rings is 1. The zero-order chi connectivity index (χ0) is 19.8. The van der Waals surface area contributed by atoms with Gasteiger partial charge in [0, 0.05) is 17.3 Å². The molecule has 0 spiro atoms. The number of carbonyl (C=O) groups excluding carboxylic acids is 1. The first kappa shape index (κ1) is 19.1. The first-order chi connectivity index (χ1) is 13.7. The SMILES string of the molecule is CO/N=C(/C(=O)OC)c1ccccc1COc1cccc(-c2ccccn2)c1. The summed E-state index contributed by atoms with van der Waals surface area (Å²) in [4.78, 5) is 21.2. The highest BCUT2D eigenvalue weighted by Gasteiger charge is 2.19. The average Bonchev–Trinajstić information content (AvgIpc) is 2.76. The van der Waals surface area contributed by atoms with Gasteiger partial charge in [-0.2, -0.15) is 0 Å². The van der Waals surface area contributed by atoms with Crippen molar-refractivity contribution in [2.24, 2.45) is 5.16 Å². The molecule has 0 N–H and O–H groups in total. The number of methoxy groups -OCH3 is 1. The van der Waals surface area contributed by atoms with E-state index < -0.39 is 5.97 Å². The molecule has 6 nitrogen and oxygen atoms in total. The maximum atomic E-state index is 12.0. The van der Waals surface area contributed by atoms with Gasteiger partial charge in [-0.3, -0.25) is 4.98 Å². The molecule has 0 saturated heterocycles. The highest BCUT2D eigenvalue weighted by Crippen LogP contribution is 2.23. The molecule has 2 aromatic carbocycles. The lowest BCUT2D eigenvalue weighted by Crippen LogP contribution is -2.19. The molecule has 0 radical (unpaired) electrons. The third kappa shape index (κ3) is 4.54. The summed E-state index contributed by atoms with van der Waals surface area (Å²) in [6, 6.07) is 20.8. The summed E-state index contributed by atoms with van der Waals surface area (Å²) in [5, 5.41) is 3.81. The highest BCUT2D eigenvalue weighted by molar-refractivity contribution is 6.43. The second-order valence-corrected chi connectivity index (χ2v) is 5.80. The number of ether oxygens (including phenoxy) is 2. The molecule has 0 aliphatic carbocycles. The highest BCUT2D eigenvalue weighted by atomic mass is 16.6. The summed E-state index contributed by atoms with van der Waals surface area (Å²) in [6.07, 6.45) is 1.75. The van der Waals surface area contributed by atoms with E-state index >= 15 is 0 Å². The minimum atomic E-state index is -0.577. The second kappa shape index (κ2) is 9.32. The number of carbonyl (C=O) groups is 1. The fraction of sp³-hybridized carbons (Fsp3) is 0.136. The number of esters is 1. The fourth-order valence-electron chi connectivity index (χ4n) is 2.70. The summed E-state index contributed by atoms with van der Waals surface area (Å²) in [5.74, 6) is 0.118. The van der Waals surface area contributed by atoms with Gasteiger partial charge in [0.25, 0.3) is 0 Å². The fourth-order valence-corrected chi connectivity index (χ4v) is 2.70. The Kier molecular flexibility index (Phi) is 6.36. The van der Waals surface area contributed by atoms with Gasteiger partial charge in [0.15, 0.2) is 5.71 Å². The molecule has 1 aromatic heterocycles. The molecule has 0 saturated carbocycles. The van der Waals surface area contributed by atoms with E-state index in [-0.39, 0.29) is 12.3 Å². The molecule has 28 heavy (non-hydrogen) atoms. The number of aromatic nitrogens is 1. The van der Waals surface area contributed by atoms with E-state index in [1.54, 1.807) is 12.3 Å². The van der Waals surface area contributed by atoms with Crippen LogP contribution < -0.4 is 4.74 Å². The number of hydrogen-bond acceptors (Lipinski definition) is 6. The minimum absolute atomic E-state index is 0.0893. The molecule has 0 unspecified atom stereocenters. The van der Waals surface area contributed by atoms with Crippen LogP contribution in [-0.2, 0) is 21.0 Å². The van der Waals surface area contributed by atoms with Crippen molar-refractivity contribution in [3.8, 4) is 17.0 Å². The minimum Gasteiger partial charge on any atom is -0.489 e. The van der Waals surface area contributed by atoms with Crippen molar-refractivity contribution in [3.05, 3.63) is 84.1 Å². The molecular formula is C22H20N2O4. The van der Waals surface area contributed by atoms with Crippen molar-refractivity contribution >= 4 is 11.7 Å². The van der Waals surface area contributed by atoms with Gasteiger partial charge in [0.2, 0.25) is 0 Å². The van der Waals surface area contributed by atoms with Crippen LogP contribution in [0.15, 0.2) is 78.1 Å². The maximum absolute atomic E-state index is 12.0. The van der Waals surface area contributed by atoms with Crippen molar-refractivity contribution < 1.29 is 19.1 Å². The monoisotopic (exact) mass is 376 g/mol. The largest absolute Gasteiger partial charge is 0.489 e. The van der Waals surface area contributed by atoms with E-state index in [1.165, 1.54) is 14.2 Å². The molecule has 0 amide bonds. The Morgan fingerprint density at radius 2 is 1.82 bits per heavy atom. The number of nitrogens with zero attached hydrogens (tertiary/aromatic N) is 2. The van der Waals surface area contributed by atoms with Crippen molar-refractivity contribution in [3.63, 3.8) is 0 Å². The molecule has 1 heterocycles. The lowest BCUT2D eigenvalue weighted by Gasteiger charge is -2.12. The standard InChI is InChI=1S/C22H20N2O4/c1-26-22(25)21(24-27-2)19-11-4-3-8-17(19)15-28-18-10-7-9-16(14-18)20-12-5-6-13-23-20/h3-14H,15H2,1-2H3/b24-21+. The predicted octanol–water partition coefficient (Wildman–Crippen LogP) is 3.85. The third-order valence-electron chi connectivity index (χ3n) is 4.02. The van der Waals surface area contributed by atoms with Gasteiger partial charge in [0.05, 0.1) is 12.8 Å². The van der Waals surface area contributed by atoms with E-state index in [1.807, 2.05) is 60.7 Å². The Bertz CT molecular complexity index is 971. The van der Waals surface area contributed by atoms with Gasteiger partial charge in [-0.15, -0.1) is 0 Å². The van der Waals surface area contributed by atoms with E-state index in [2.05, 4.69) is 10.1 Å². The van der Waals surface area contributed by atoms with Crippen LogP contribution in [0.25, 0.3) is 11.3 Å². The van der Waals surface area contributed by atoms with Gasteiger partial charge in [-0.05, 0) is 29.8 Å². The number of rotatable bonds is 7. The van der Waals surface area contributed by atoms with Crippen LogP contribution in [0.5, 0.6) is 5.75 Å². The van der Waals surface area contributed by atoms with Crippen LogP contribution in [0.1, 0.15) is 11.1 Å². The van der Waals surface area contributed by atoms with Crippen molar-refractivity contribution in [2.45, 2.75) is 6.61 Å². The van der Waals surface area contributed by atoms with Crippen LogP contribution in [0, 0.1) is 0 Å². The molecule has 3 rings (SSSR count). The van der Waals surface area contributed by atoms with Crippen molar-refractivity contribution in [2.75, 3.05) is 14.2 Å². The van der Waals surface area contributed by atoms with Gasteiger partial charge in [-0.1, -0.05) is 47.6 Å². The van der Waals surface area contributed by atoms with Gasteiger partial charge in [0.1, 0.15) is 19.5 Å². The first-order valence-electron chi connectivity index (χ1n) is 8.65. The summed E-state index contributed by atoms with van der Waals surface area (Å²) < 4.78 is 10.8. The number of oxime groups is 1. The topological polar surface area (TPSA) is 70.0 Å². The summed E-state index contributed by atoms with van der Waals surface area (Å²) >= 11 is 0. The normalized spacial score (nSPS) is 11.0. The van der Waals surface area contributed by atoms with Crippen LogP contribution in [0.4, 0.5) is 0 Å². The lowest BCUT2D eigenvalue weighted by molar-refractivity contribution is -0.132. The first-order valence-corrected chi connectivity index (χ1v) is 8.65. The average molecular weight is 376 g/mol. The van der Waals surface area contributed by atoms with Crippen LogP contribution in [0.2, 0.25) is 0 Å². The maximum Gasteiger partial charge on any atom is 0.360 e. The molecule has 142 valence electrons. The quantitative estimate of drug-likeness (QED) is 0.356. The van der Waals surface area contributed by atoms with E-state index in [0.717, 1.165) is 16.8 Å². The van der Waals surface area contributed by atoms with Gasteiger partial charge >= 0.3 is 5.97 Å². The molecule has 0 aliphatic heterocycles. The molecule has 6 heteroatoms. The van der Waals surface area contributed by atoms with Crippen LogP contribution in [-0.4, -0.2) is 30.9 Å². The van der Waals surface area contributed by atoms with E-state index in [4.69, 9.17) is 14.3 Å². The molecule has 0 atom stereocenters. The molecule has 0 fully saturated rings. The Balaban J connectivity index is 1.83. The number of benzene rings is 2. The Morgan fingerprint density at radius 1 is 1.00 bits per heavy atom. The molecular weight excluding hydrogens is 356 g/mol. The molecule has 0 bridgehead atoms.